The zero-order valence-corrected chi connectivity index (χ0v) is 12.2. The van der Waals surface area contributed by atoms with Gasteiger partial charge in [0.2, 0.25) is 0 Å². The van der Waals surface area contributed by atoms with Crippen LogP contribution in [0, 0.1) is 5.92 Å². The van der Waals surface area contributed by atoms with Crippen LogP contribution in [0.25, 0.3) is 0 Å². The molecule has 1 aromatic carbocycles. The van der Waals surface area contributed by atoms with E-state index in [4.69, 9.17) is 9.84 Å². The first-order valence-electron chi connectivity index (χ1n) is 7.24. The van der Waals surface area contributed by atoms with E-state index in [1.54, 1.807) is 11.9 Å². The summed E-state index contributed by atoms with van der Waals surface area (Å²) in [6, 6.07) is 9.61. The van der Waals surface area contributed by atoms with Crippen LogP contribution in [0.3, 0.4) is 0 Å². The third-order valence-corrected chi connectivity index (χ3v) is 4.09. The Hall–Kier alpha value is -2.04. The summed E-state index contributed by atoms with van der Waals surface area (Å²) in [5, 5.41) is 8.98. The molecule has 0 atom stereocenters. The predicted octanol–water partition coefficient (Wildman–Crippen LogP) is 2.90. The quantitative estimate of drug-likeness (QED) is 0.926. The molecule has 21 heavy (non-hydrogen) atoms. The molecule has 0 aromatic heterocycles. The van der Waals surface area contributed by atoms with Crippen LogP contribution in [0.4, 0.5) is 4.79 Å². The molecule has 1 aliphatic rings. The third kappa shape index (κ3) is 4.21. The van der Waals surface area contributed by atoms with Crippen LogP contribution < -0.4 is 0 Å². The smallest absolute Gasteiger partial charge is 0.410 e. The Balaban J connectivity index is 1.79. The number of hydrogen-bond acceptors (Lipinski definition) is 3. The Labute approximate surface area is 124 Å². The van der Waals surface area contributed by atoms with Gasteiger partial charge in [-0.3, -0.25) is 4.79 Å². The first-order valence-corrected chi connectivity index (χ1v) is 7.24. The van der Waals surface area contributed by atoms with Crippen molar-refractivity contribution in [1.82, 2.24) is 4.90 Å². The van der Waals surface area contributed by atoms with Crippen molar-refractivity contribution in [3.8, 4) is 0 Å². The van der Waals surface area contributed by atoms with E-state index in [0.29, 0.717) is 25.7 Å². The maximum Gasteiger partial charge on any atom is 0.410 e. The highest BCUT2D eigenvalue weighted by Crippen LogP contribution is 2.27. The fourth-order valence-corrected chi connectivity index (χ4v) is 2.68. The number of carboxylic acid groups (broad SMARTS) is 1. The minimum atomic E-state index is -0.734. The average molecular weight is 291 g/mol. The molecule has 1 fully saturated rings. The molecule has 1 saturated carbocycles. The summed E-state index contributed by atoms with van der Waals surface area (Å²) < 4.78 is 5.29. The van der Waals surface area contributed by atoms with Crippen LogP contribution >= 0.6 is 0 Å². The second-order valence-electron chi connectivity index (χ2n) is 5.49. The van der Waals surface area contributed by atoms with Gasteiger partial charge in [-0.2, -0.15) is 0 Å². The minimum Gasteiger partial charge on any atom is -0.481 e. The lowest BCUT2D eigenvalue weighted by molar-refractivity contribution is -0.143. The van der Waals surface area contributed by atoms with Gasteiger partial charge in [-0.25, -0.2) is 4.79 Å². The van der Waals surface area contributed by atoms with Crippen molar-refractivity contribution in [3.05, 3.63) is 35.9 Å². The van der Waals surface area contributed by atoms with Gasteiger partial charge in [-0.15, -0.1) is 0 Å². The molecule has 0 bridgehead atoms. The second-order valence-corrected chi connectivity index (χ2v) is 5.49. The fraction of sp³-hybridized carbons (Fsp3) is 0.500. The summed E-state index contributed by atoms with van der Waals surface area (Å²) in [6.45, 7) is 0.258. The molecule has 114 valence electrons. The SMILES string of the molecule is CN(C(=O)OCc1ccccc1)C1CCC(C(=O)O)CC1. The highest BCUT2D eigenvalue weighted by molar-refractivity contribution is 5.70. The van der Waals surface area contributed by atoms with Crippen molar-refractivity contribution in [2.75, 3.05) is 7.05 Å². The van der Waals surface area contributed by atoms with E-state index in [1.807, 2.05) is 30.3 Å². The first kappa shape index (κ1) is 15.4. The van der Waals surface area contributed by atoms with Crippen LogP contribution in [0.2, 0.25) is 0 Å². The number of ether oxygens (including phenoxy) is 1. The van der Waals surface area contributed by atoms with Gasteiger partial charge in [-0.05, 0) is 31.2 Å². The molecule has 0 saturated heterocycles. The zero-order chi connectivity index (χ0) is 15.2. The maximum absolute atomic E-state index is 12.0. The molecule has 0 radical (unpaired) electrons. The van der Waals surface area contributed by atoms with E-state index in [-0.39, 0.29) is 24.7 Å². The van der Waals surface area contributed by atoms with Gasteiger partial charge in [0, 0.05) is 13.1 Å². The van der Waals surface area contributed by atoms with E-state index in [9.17, 15) is 9.59 Å². The zero-order valence-electron chi connectivity index (χ0n) is 12.2. The highest BCUT2D eigenvalue weighted by atomic mass is 16.6. The standard InChI is InChI=1S/C16H21NO4/c1-17(14-9-7-13(8-10-14)15(18)19)16(20)21-11-12-5-3-2-4-6-12/h2-6,13-14H,7-11H2,1H3,(H,18,19). The highest BCUT2D eigenvalue weighted by Gasteiger charge is 2.30. The van der Waals surface area contributed by atoms with Crippen LogP contribution in [0.15, 0.2) is 30.3 Å². The molecule has 1 aromatic rings. The number of carbonyl (C=O) groups excluding carboxylic acids is 1. The van der Waals surface area contributed by atoms with E-state index < -0.39 is 5.97 Å². The molecule has 0 spiro atoms. The van der Waals surface area contributed by atoms with E-state index in [2.05, 4.69) is 0 Å². The molecule has 0 aliphatic heterocycles. The Morgan fingerprint density at radius 1 is 1.19 bits per heavy atom. The van der Waals surface area contributed by atoms with Crippen molar-refractivity contribution < 1.29 is 19.4 Å². The molecule has 0 heterocycles. The van der Waals surface area contributed by atoms with Crippen molar-refractivity contribution in [2.24, 2.45) is 5.92 Å². The summed E-state index contributed by atoms with van der Waals surface area (Å²) in [5.74, 6) is -1.00. The normalized spacial score (nSPS) is 21.6. The van der Waals surface area contributed by atoms with E-state index >= 15 is 0 Å². The number of amides is 1. The Bertz CT molecular complexity index is 480. The minimum absolute atomic E-state index is 0.0730. The van der Waals surface area contributed by atoms with Gasteiger partial charge in [0.1, 0.15) is 6.61 Å². The summed E-state index contributed by atoms with van der Waals surface area (Å²) >= 11 is 0. The molecular formula is C16H21NO4. The van der Waals surface area contributed by atoms with Gasteiger partial charge in [0.25, 0.3) is 0 Å². The summed E-state index contributed by atoms with van der Waals surface area (Å²) in [6.07, 6.45) is 2.33. The number of carboxylic acids is 1. The Kier molecular flexibility index (Phi) is 5.20. The van der Waals surface area contributed by atoms with Crippen LogP contribution in [0.5, 0.6) is 0 Å². The molecule has 2 rings (SSSR count). The van der Waals surface area contributed by atoms with E-state index in [1.165, 1.54) is 0 Å². The number of nitrogens with zero attached hydrogens (tertiary/aromatic N) is 1. The lowest BCUT2D eigenvalue weighted by Gasteiger charge is -2.32. The topological polar surface area (TPSA) is 66.8 Å². The summed E-state index contributed by atoms with van der Waals surface area (Å²) in [5.41, 5.74) is 0.953. The first-order chi connectivity index (χ1) is 10.1. The van der Waals surface area contributed by atoms with Gasteiger partial charge in [0.05, 0.1) is 5.92 Å². The van der Waals surface area contributed by atoms with Crippen molar-refractivity contribution in [3.63, 3.8) is 0 Å². The molecule has 1 N–H and O–H groups in total. The summed E-state index contributed by atoms with van der Waals surface area (Å²) in [7, 11) is 1.72. The van der Waals surface area contributed by atoms with Crippen LogP contribution in [-0.4, -0.2) is 35.2 Å². The lowest BCUT2D eigenvalue weighted by atomic mass is 9.85. The predicted molar refractivity (Wildman–Crippen MR) is 77.8 cm³/mol. The average Bonchev–Trinajstić information content (AvgIpc) is 2.53. The molecule has 1 aliphatic carbocycles. The van der Waals surface area contributed by atoms with Gasteiger partial charge in [-0.1, -0.05) is 30.3 Å². The van der Waals surface area contributed by atoms with Crippen LogP contribution in [-0.2, 0) is 16.1 Å². The number of aliphatic carboxylic acids is 1. The monoisotopic (exact) mass is 291 g/mol. The van der Waals surface area contributed by atoms with E-state index in [0.717, 1.165) is 5.56 Å². The fourth-order valence-electron chi connectivity index (χ4n) is 2.68. The maximum atomic E-state index is 12.0. The van der Waals surface area contributed by atoms with Crippen molar-refractivity contribution in [2.45, 2.75) is 38.3 Å². The molecule has 0 unspecified atom stereocenters. The number of carbonyl (C=O) groups is 2. The summed E-state index contributed by atoms with van der Waals surface area (Å²) in [4.78, 5) is 24.5. The Morgan fingerprint density at radius 3 is 2.38 bits per heavy atom. The molecule has 5 nitrogen and oxygen atoms in total. The van der Waals surface area contributed by atoms with Gasteiger partial charge in [0.15, 0.2) is 0 Å². The van der Waals surface area contributed by atoms with Crippen molar-refractivity contribution >= 4 is 12.1 Å². The second kappa shape index (κ2) is 7.11. The molecule has 1 amide bonds. The van der Waals surface area contributed by atoms with Gasteiger partial charge >= 0.3 is 12.1 Å². The van der Waals surface area contributed by atoms with Crippen molar-refractivity contribution in [1.29, 1.82) is 0 Å². The largest absolute Gasteiger partial charge is 0.481 e. The number of rotatable bonds is 4. The molecular weight excluding hydrogens is 270 g/mol. The van der Waals surface area contributed by atoms with Crippen LogP contribution in [0.1, 0.15) is 31.2 Å². The Morgan fingerprint density at radius 2 is 1.81 bits per heavy atom. The molecule has 5 heteroatoms. The lowest BCUT2D eigenvalue weighted by Crippen LogP contribution is -2.40. The number of hydrogen-bond donors (Lipinski definition) is 1. The van der Waals surface area contributed by atoms with Gasteiger partial charge < -0.3 is 14.7 Å². The third-order valence-electron chi connectivity index (χ3n) is 4.09. The number of benzene rings is 1.